The van der Waals surface area contributed by atoms with E-state index in [4.69, 9.17) is 0 Å². The maximum absolute atomic E-state index is 3.45. The summed E-state index contributed by atoms with van der Waals surface area (Å²) in [6.45, 7) is 4.00. The third-order valence-electron chi connectivity index (χ3n) is 2.22. The van der Waals surface area contributed by atoms with Crippen LogP contribution in [0.2, 0.25) is 0 Å². The molecule has 0 atom stereocenters. The fourth-order valence-corrected chi connectivity index (χ4v) is 1.98. The van der Waals surface area contributed by atoms with Gasteiger partial charge in [0.2, 0.25) is 0 Å². The second kappa shape index (κ2) is 11.7. The summed E-state index contributed by atoms with van der Waals surface area (Å²) in [5.74, 6) is 0. The molecule has 1 rings (SSSR count). The molecule has 92 valence electrons. The molecule has 0 N–H and O–H groups in total. The van der Waals surface area contributed by atoms with Gasteiger partial charge in [0.25, 0.3) is 0 Å². The van der Waals surface area contributed by atoms with Crippen LogP contribution in [0.4, 0.5) is 0 Å². The van der Waals surface area contributed by atoms with E-state index >= 15 is 0 Å². The highest BCUT2D eigenvalue weighted by molar-refractivity contribution is 9.09. The zero-order valence-corrected chi connectivity index (χ0v) is 13.5. The van der Waals surface area contributed by atoms with Crippen LogP contribution in [0.3, 0.4) is 0 Å². The van der Waals surface area contributed by atoms with Gasteiger partial charge in [0.05, 0.1) is 0 Å². The van der Waals surface area contributed by atoms with Crippen LogP contribution in [0.5, 0.6) is 0 Å². The SMILES string of the molecule is BrCCCc1ccc(CCCBr)cc1.CC. The minimum atomic E-state index is 1.10. The second-order valence-electron chi connectivity index (χ2n) is 3.40. The molecule has 1 aromatic rings. The van der Waals surface area contributed by atoms with E-state index in [1.54, 1.807) is 0 Å². The minimum absolute atomic E-state index is 1.10. The Balaban J connectivity index is 0.00000106. The molecule has 1 aromatic carbocycles. The Bertz CT molecular complexity index is 214. The van der Waals surface area contributed by atoms with Gasteiger partial charge in [-0.15, -0.1) is 0 Å². The normalized spacial score (nSPS) is 9.50. The summed E-state index contributed by atoms with van der Waals surface area (Å²) < 4.78 is 0. The van der Waals surface area contributed by atoms with Crippen molar-refractivity contribution in [2.75, 3.05) is 10.7 Å². The Kier molecular flexibility index (Phi) is 11.8. The van der Waals surface area contributed by atoms with Crippen LogP contribution in [0.15, 0.2) is 24.3 Å². The van der Waals surface area contributed by atoms with Gasteiger partial charge in [-0.05, 0) is 36.8 Å². The van der Waals surface area contributed by atoms with Crippen molar-refractivity contribution in [3.05, 3.63) is 35.4 Å². The second-order valence-corrected chi connectivity index (χ2v) is 4.99. The van der Waals surface area contributed by atoms with E-state index in [1.807, 2.05) is 13.8 Å². The molecule has 0 radical (unpaired) electrons. The van der Waals surface area contributed by atoms with Crippen LogP contribution in [0.1, 0.15) is 37.8 Å². The lowest BCUT2D eigenvalue weighted by Gasteiger charge is -2.02. The topological polar surface area (TPSA) is 0 Å². The van der Waals surface area contributed by atoms with Crippen molar-refractivity contribution in [3.63, 3.8) is 0 Å². The summed E-state index contributed by atoms with van der Waals surface area (Å²) in [5.41, 5.74) is 2.90. The lowest BCUT2D eigenvalue weighted by atomic mass is 10.1. The standard InChI is InChI=1S/C12H16Br2.C2H6/c13-9-1-3-11-5-7-12(8-6-11)4-2-10-14;1-2/h5-8H,1-4,9-10H2;1-2H3. The van der Waals surface area contributed by atoms with Crippen molar-refractivity contribution in [1.29, 1.82) is 0 Å². The molecule has 0 fully saturated rings. The lowest BCUT2D eigenvalue weighted by molar-refractivity contribution is 0.920. The zero-order valence-electron chi connectivity index (χ0n) is 10.3. The Morgan fingerprint density at radius 3 is 1.31 bits per heavy atom. The van der Waals surface area contributed by atoms with Gasteiger partial charge in [-0.1, -0.05) is 70.0 Å². The van der Waals surface area contributed by atoms with E-state index in [1.165, 1.54) is 36.8 Å². The van der Waals surface area contributed by atoms with Crippen LogP contribution < -0.4 is 0 Å². The Morgan fingerprint density at radius 1 is 0.750 bits per heavy atom. The van der Waals surface area contributed by atoms with E-state index in [2.05, 4.69) is 56.1 Å². The van der Waals surface area contributed by atoms with E-state index < -0.39 is 0 Å². The summed E-state index contributed by atoms with van der Waals surface area (Å²) >= 11 is 6.90. The molecule has 0 saturated carbocycles. The number of hydrogen-bond acceptors (Lipinski definition) is 0. The number of benzene rings is 1. The number of alkyl halides is 2. The molecule has 0 aliphatic carbocycles. The average Bonchev–Trinajstić information content (AvgIpc) is 2.37. The molecule has 0 saturated heterocycles. The molecule has 0 aliphatic rings. The fraction of sp³-hybridized carbons (Fsp3) is 0.571. The molecule has 0 unspecified atom stereocenters. The number of hydrogen-bond donors (Lipinski definition) is 0. The minimum Gasteiger partial charge on any atom is -0.0928 e. The van der Waals surface area contributed by atoms with Gasteiger partial charge in [-0.3, -0.25) is 0 Å². The van der Waals surface area contributed by atoms with E-state index in [0.29, 0.717) is 0 Å². The largest absolute Gasteiger partial charge is 0.0928 e. The van der Waals surface area contributed by atoms with E-state index in [9.17, 15) is 0 Å². The summed E-state index contributed by atoms with van der Waals surface area (Å²) in [6.07, 6.45) is 4.81. The van der Waals surface area contributed by atoms with Crippen LogP contribution in [0, 0.1) is 0 Å². The molecule has 0 amide bonds. The maximum Gasteiger partial charge on any atom is 0.00344 e. The van der Waals surface area contributed by atoms with Gasteiger partial charge in [0.1, 0.15) is 0 Å². The van der Waals surface area contributed by atoms with Crippen molar-refractivity contribution in [3.8, 4) is 0 Å². The Hall–Kier alpha value is 0.180. The van der Waals surface area contributed by atoms with Crippen molar-refractivity contribution in [2.45, 2.75) is 39.5 Å². The van der Waals surface area contributed by atoms with Crippen molar-refractivity contribution in [2.24, 2.45) is 0 Å². The van der Waals surface area contributed by atoms with Crippen molar-refractivity contribution >= 4 is 31.9 Å². The predicted molar refractivity (Wildman–Crippen MR) is 82.0 cm³/mol. The summed E-state index contributed by atoms with van der Waals surface area (Å²) in [6, 6.07) is 9.02. The monoisotopic (exact) mass is 348 g/mol. The molecule has 0 bridgehead atoms. The molecule has 2 heteroatoms. The molecule has 0 aromatic heterocycles. The lowest BCUT2D eigenvalue weighted by Crippen LogP contribution is -1.89. The predicted octanol–water partition coefficient (Wildman–Crippen LogP) is 5.37. The Morgan fingerprint density at radius 2 is 1.06 bits per heavy atom. The first-order chi connectivity index (χ1) is 7.86. The molecule has 16 heavy (non-hydrogen) atoms. The van der Waals surface area contributed by atoms with E-state index in [-0.39, 0.29) is 0 Å². The molecule has 0 heterocycles. The smallest absolute Gasteiger partial charge is 0.00344 e. The first-order valence-corrected chi connectivity index (χ1v) is 8.31. The first-order valence-electron chi connectivity index (χ1n) is 6.06. The van der Waals surface area contributed by atoms with Gasteiger partial charge in [0, 0.05) is 10.7 Å². The van der Waals surface area contributed by atoms with Crippen LogP contribution in [-0.2, 0) is 12.8 Å². The molecule has 0 spiro atoms. The zero-order chi connectivity index (χ0) is 12.2. The summed E-state index contributed by atoms with van der Waals surface area (Å²) in [4.78, 5) is 0. The van der Waals surface area contributed by atoms with Gasteiger partial charge in [-0.2, -0.15) is 0 Å². The van der Waals surface area contributed by atoms with Gasteiger partial charge in [-0.25, -0.2) is 0 Å². The average molecular weight is 350 g/mol. The third-order valence-corrected chi connectivity index (χ3v) is 3.34. The highest BCUT2D eigenvalue weighted by Gasteiger charge is 1.94. The van der Waals surface area contributed by atoms with Crippen LogP contribution in [-0.4, -0.2) is 10.7 Å². The summed E-state index contributed by atoms with van der Waals surface area (Å²) in [7, 11) is 0. The van der Waals surface area contributed by atoms with Gasteiger partial charge in [0.15, 0.2) is 0 Å². The molecule has 0 aliphatic heterocycles. The van der Waals surface area contributed by atoms with E-state index in [0.717, 1.165) is 10.7 Å². The first kappa shape index (κ1) is 16.2. The van der Waals surface area contributed by atoms with Crippen molar-refractivity contribution in [1.82, 2.24) is 0 Å². The number of rotatable bonds is 6. The molecular formula is C14H22Br2. The van der Waals surface area contributed by atoms with Gasteiger partial charge >= 0.3 is 0 Å². The van der Waals surface area contributed by atoms with Crippen molar-refractivity contribution < 1.29 is 0 Å². The molecule has 0 nitrogen and oxygen atoms in total. The third kappa shape index (κ3) is 7.45. The fourth-order valence-electron chi connectivity index (χ4n) is 1.41. The molecular weight excluding hydrogens is 328 g/mol. The maximum atomic E-state index is 3.45. The number of aryl methyl sites for hydroxylation is 2. The highest BCUT2D eigenvalue weighted by Crippen LogP contribution is 2.09. The summed E-state index contributed by atoms with van der Waals surface area (Å²) in [5, 5.41) is 2.19. The number of halogens is 2. The highest BCUT2D eigenvalue weighted by atomic mass is 79.9. The van der Waals surface area contributed by atoms with Gasteiger partial charge < -0.3 is 0 Å². The van der Waals surface area contributed by atoms with Crippen LogP contribution >= 0.6 is 31.9 Å². The van der Waals surface area contributed by atoms with Crippen LogP contribution in [0.25, 0.3) is 0 Å². The quantitative estimate of drug-likeness (QED) is 0.606. The Labute approximate surface area is 117 Å².